The van der Waals surface area contributed by atoms with Gasteiger partial charge in [0, 0.05) is 10.9 Å². The van der Waals surface area contributed by atoms with Crippen LogP contribution in [-0.4, -0.2) is 10.9 Å². The largest absolute Gasteiger partial charge is 0.364 e. The molecule has 0 radical (unpaired) electrons. The Morgan fingerprint density at radius 3 is 2.17 bits per heavy atom. The normalized spacial score (nSPS) is 10.7. The number of thiazole rings is 1. The third kappa shape index (κ3) is 2.04. The van der Waals surface area contributed by atoms with E-state index in [1.807, 2.05) is 0 Å². The molecule has 2 N–H and O–H groups in total. The highest BCUT2D eigenvalue weighted by molar-refractivity contribution is 7.13. The van der Waals surface area contributed by atoms with E-state index in [-0.39, 0.29) is 0 Å². The number of primary amides is 1. The predicted molar refractivity (Wildman–Crippen MR) is 75.0 cm³/mol. The van der Waals surface area contributed by atoms with E-state index in [2.05, 4.69) is 38.7 Å². The summed E-state index contributed by atoms with van der Waals surface area (Å²) in [6, 6.07) is 2.18. The summed E-state index contributed by atoms with van der Waals surface area (Å²) in [7, 11) is 0. The highest BCUT2D eigenvalue weighted by atomic mass is 32.1. The van der Waals surface area contributed by atoms with E-state index in [4.69, 9.17) is 5.73 Å². The van der Waals surface area contributed by atoms with Crippen LogP contribution in [-0.2, 0) is 0 Å². The third-order valence-electron chi connectivity index (χ3n) is 3.34. The van der Waals surface area contributed by atoms with E-state index in [0.29, 0.717) is 5.69 Å². The van der Waals surface area contributed by atoms with Crippen LogP contribution in [0.15, 0.2) is 11.4 Å². The molecule has 0 fully saturated rings. The monoisotopic (exact) mass is 260 g/mol. The van der Waals surface area contributed by atoms with E-state index in [1.165, 1.54) is 33.6 Å². The van der Waals surface area contributed by atoms with Crippen LogP contribution in [0.1, 0.15) is 32.7 Å². The molecule has 0 spiro atoms. The van der Waals surface area contributed by atoms with Gasteiger partial charge in [0.05, 0.1) is 0 Å². The first kappa shape index (κ1) is 12.8. The van der Waals surface area contributed by atoms with Crippen molar-refractivity contribution in [2.75, 3.05) is 0 Å². The highest BCUT2D eigenvalue weighted by Gasteiger charge is 2.15. The van der Waals surface area contributed by atoms with Crippen LogP contribution in [0.4, 0.5) is 0 Å². The lowest BCUT2D eigenvalue weighted by Gasteiger charge is -2.13. The van der Waals surface area contributed by atoms with Crippen molar-refractivity contribution in [3.63, 3.8) is 0 Å². The smallest absolute Gasteiger partial charge is 0.268 e. The summed E-state index contributed by atoms with van der Waals surface area (Å²) in [6.07, 6.45) is 0. The third-order valence-corrected chi connectivity index (χ3v) is 4.20. The molecule has 2 rings (SSSR count). The van der Waals surface area contributed by atoms with E-state index >= 15 is 0 Å². The van der Waals surface area contributed by atoms with Crippen molar-refractivity contribution in [1.82, 2.24) is 4.98 Å². The molecule has 1 aromatic carbocycles. The van der Waals surface area contributed by atoms with Gasteiger partial charge in [-0.3, -0.25) is 4.79 Å². The van der Waals surface area contributed by atoms with Gasteiger partial charge in [0.15, 0.2) is 0 Å². The fourth-order valence-electron chi connectivity index (χ4n) is 2.04. The average Bonchev–Trinajstić information content (AvgIpc) is 2.76. The second kappa shape index (κ2) is 4.53. The minimum atomic E-state index is -0.475. The number of aryl methyl sites for hydroxylation is 2. The number of benzene rings is 1. The minimum Gasteiger partial charge on any atom is -0.364 e. The summed E-state index contributed by atoms with van der Waals surface area (Å²) in [6.45, 7) is 8.35. The molecule has 1 amide bonds. The fraction of sp³-hybridized carbons (Fsp3) is 0.286. The van der Waals surface area contributed by atoms with Crippen LogP contribution in [0, 0.1) is 27.7 Å². The van der Waals surface area contributed by atoms with Crippen LogP contribution in [0.3, 0.4) is 0 Å². The number of carbonyl (C=O) groups is 1. The molecule has 0 aliphatic carbocycles. The Labute approximate surface area is 111 Å². The lowest BCUT2D eigenvalue weighted by atomic mass is 9.95. The van der Waals surface area contributed by atoms with Crippen molar-refractivity contribution < 1.29 is 4.79 Å². The van der Waals surface area contributed by atoms with Crippen molar-refractivity contribution in [1.29, 1.82) is 0 Å². The summed E-state index contributed by atoms with van der Waals surface area (Å²) in [5.74, 6) is -0.475. The molecular formula is C14H16N2OS. The molecule has 0 saturated carbocycles. The second-order valence-corrected chi connectivity index (χ2v) is 5.40. The van der Waals surface area contributed by atoms with Crippen LogP contribution < -0.4 is 5.73 Å². The number of aromatic nitrogens is 1. The second-order valence-electron chi connectivity index (χ2n) is 4.54. The highest BCUT2D eigenvalue weighted by Crippen LogP contribution is 2.33. The van der Waals surface area contributed by atoms with E-state index in [0.717, 1.165) is 10.6 Å². The van der Waals surface area contributed by atoms with Gasteiger partial charge in [-0.15, -0.1) is 11.3 Å². The summed E-state index contributed by atoms with van der Waals surface area (Å²) in [5, 5.41) is 2.58. The zero-order valence-corrected chi connectivity index (χ0v) is 11.8. The van der Waals surface area contributed by atoms with Crippen molar-refractivity contribution in [2.45, 2.75) is 27.7 Å². The lowest BCUT2D eigenvalue weighted by molar-refractivity contribution is 0.0996. The summed E-state index contributed by atoms with van der Waals surface area (Å²) in [5.41, 5.74) is 11.6. The van der Waals surface area contributed by atoms with E-state index in [9.17, 15) is 4.79 Å². The molecule has 0 atom stereocenters. The summed E-state index contributed by atoms with van der Waals surface area (Å²) < 4.78 is 0. The molecular weight excluding hydrogens is 244 g/mol. The zero-order valence-electron chi connectivity index (χ0n) is 11.0. The molecule has 4 heteroatoms. The van der Waals surface area contributed by atoms with Crippen molar-refractivity contribution >= 4 is 17.2 Å². The molecule has 1 heterocycles. The first-order valence-corrected chi connectivity index (χ1v) is 6.63. The Balaban J connectivity index is 2.66. The number of nitrogens with two attached hydrogens (primary N) is 1. The van der Waals surface area contributed by atoms with Gasteiger partial charge >= 0.3 is 0 Å². The first-order chi connectivity index (χ1) is 8.41. The Bertz CT molecular complexity index is 603. The quantitative estimate of drug-likeness (QED) is 0.901. The maximum atomic E-state index is 11.1. The van der Waals surface area contributed by atoms with Gasteiger partial charge < -0.3 is 5.73 Å². The van der Waals surface area contributed by atoms with Crippen molar-refractivity contribution in [3.8, 4) is 10.6 Å². The van der Waals surface area contributed by atoms with E-state index in [1.54, 1.807) is 5.38 Å². The standard InChI is InChI=1S/C14H16N2OS/c1-7-5-8(2)10(4)12(9(7)3)14-16-11(6-18-14)13(15)17/h5-6H,1-4H3,(H2,15,17). The molecule has 18 heavy (non-hydrogen) atoms. The molecule has 94 valence electrons. The zero-order chi connectivity index (χ0) is 13.4. The number of nitrogens with zero attached hydrogens (tertiary/aromatic N) is 1. The maximum absolute atomic E-state index is 11.1. The van der Waals surface area contributed by atoms with Gasteiger partial charge in [0.1, 0.15) is 10.7 Å². The van der Waals surface area contributed by atoms with Gasteiger partial charge in [0.25, 0.3) is 5.91 Å². The Kier molecular flexibility index (Phi) is 3.22. The number of hydrogen-bond donors (Lipinski definition) is 1. The maximum Gasteiger partial charge on any atom is 0.268 e. The minimum absolute atomic E-state index is 0.341. The van der Waals surface area contributed by atoms with Gasteiger partial charge in [-0.2, -0.15) is 0 Å². The topological polar surface area (TPSA) is 56.0 Å². The average molecular weight is 260 g/mol. The van der Waals surface area contributed by atoms with Gasteiger partial charge in [-0.05, 0) is 49.9 Å². The molecule has 2 aromatic rings. The Morgan fingerprint density at radius 1 is 1.17 bits per heavy atom. The first-order valence-electron chi connectivity index (χ1n) is 5.75. The Hall–Kier alpha value is -1.68. The molecule has 0 saturated heterocycles. The number of rotatable bonds is 2. The van der Waals surface area contributed by atoms with Crippen molar-refractivity contribution in [3.05, 3.63) is 39.4 Å². The molecule has 0 aliphatic heterocycles. The molecule has 3 nitrogen and oxygen atoms in total. The predicted octanol–water partition coefficient (Wildman–Crippen LogP) is 3.14. The lowest BCUT2D eigenvalue weighted by Crippen LogP contribution is -2.11. The molecule has 0 bridgehead atoms. The summed E-state index contributed by atoms with van der Waals surface area (Å²) >= 11 is 1.46. The molecule has 0 aliphatic rings. The number of carbonyl (C=O) groups excluding carboxylic acids is 1. The van der Waals surface area contributed by atoms with Gasteiger partial charge in [-0.25, -0.2) is 4.98 Å². The number of hydrogen-bond acceptors (Lipinski definition) is 3. The number of amides is 1. The Morgan fingerprint density at radius 2 is 1.72 bits per heavy atom. The van der Waals surface area contributed by atoms with Crippen LogP contribution in [0.25, 0.3) is 10.6 Å². The van der Waals surface area contributed by atoms with Crippen LogP contribution >= 0.6 is 11.3 Å². The van der Waals surface area contributed by atoms with Crippen LogP contribution in [0.2, 0.25) is 0 Å². The van der Waals surface area contributed by atoms with Crippen molar-refractivity contribution in [2.24, 2.45) is 5.73 Å². The van der Waals surface area contributed by atoms with Gasteiger partial charge in [-0.1, -0.05) is 6.07 Å². The van der Waals surface area contributed by atoms with Crippen LogP contribution in [0.5, 0.6) is 0 Å². The molecule has 1 aromatic heterocycles. The summed E-state index contributed by atoms with van der Waals surface area (Å²) in [4.78, 5) is 15.4. The fourth-order valence-corrected chi connectivity index (χ4v) is 3.01. The molecule has 0 unspecified atom stereocenters. The van der Waals surface area contributed by atoms with E-state index < -0.39 is 5.91 Å². The van der Waals surface area contributed by atoms with Gasteiger partial charge in [0.2, 0.25) is 0 Å². The SMILES string of the molecule is Cc1cc(C)c(C)c(-c2nc(C(N)=O)cs2)c1C.